The summed E-state index contributed by atoms with van der Waals surface area (Å²) < 4.78 is 0. The number of rotatable bonds is 7. The van der Waals surface area contributed by atoms with Crippen molar-refractivity contribution in [3.8, 4) is 22.3 Å². The van der Waals surface area contributed by atoms with E-state index in [0.717, 1.165) is 29.2 Å². The van der Waals surface area contributed by atoms with Crippen LogP contribution in [0.5, 0.6) is 0 Å². The van der Waals surface area contributed by atoms with Crippen molar-refractivity contribution in [3.63, 3.8) is 0 Å². The highest BCUT2D eigenvalue weighted by molar-refractivity contribution is 7.00. The molecule has 0 amide bonds. The summed E-state index contributed by atoms with van der Waals surface area (Å²) in [4.78, 5) is 7.52. The Kier molecular flexibility index (Phi) is 9.48. The van der Waals surface area contributed by atoms with Crippen molar-refractivity contribution < 1.29 is 0 Å². The predicted molar refractivity (Wildman–Crippen MR) is 286 cm³/mol. The van der Waals surface area contributed by atoms with Crippen LogP contribution in [0.3, 0.4) is 0 Å². The monoisotopic (exact) mass is 863 g/mol. The van der Waals surface area contributed by atoms with Gasteiger partial charge < -0.3 is 14.7 Å². The Bertz CT molecular complexity index is 3230. The van der Waals surface area contributed by atoms with E-state index in [0.29, 0.717) is 0 Å². The van der Waals surface area contributed by atoms with Crippen LogP contribution in [0.25, 0.3) is 22.3 Å². The van der Waals surface area contributed by atoms with E-state index in [-0.39, 0.29) is 17.5 Å². The van der Waals surface area contributed by atoms with Gasteiger partial charge >= 0.3 is 0 Å². The second-order valence-corrected chi connectivity index (χ2v) is 20.6. The molecule has 0 saturated carbocycles. The number of nitrogens with zero attached hydrogens (tertiary/aromatic N) is 3. The van der Waals surface area contributed by atoms with E-state index >= 15 is 0 Å². The Morgan fingerprint density at radius 1 is 0.403 bits per heavy atom. The number of para-hydroxylation sites is 1. The average Bonchev–Trinajstić information content (AvgIpc) is 3.34. The Hall–Kier alpha value is -7.56. The Balaban J connectivity index is 1.08. The molecule has 9 aromatic carbocycles. The molecule has 0 saturated heterocycles. The first-order chi connectivity index (χ1) is 32.5. The highest BCUT2D eigenvalue weighted by Crippen LogP contribution is 2.50. The molecule has 0 radical (unpaired) electrons. The van der Waals surface area contributed by atoms with E-state index in [1.807, 2.05) is 0 Å². The summed E-state index contributed by atoms with van der Waals surface area (Å²) in [5, 5.41) is 0. The summed E-state index contributed by atoms with van der Waals surface area (Å²) in [6.45, 7) is 14.1. The van der Waals surface area contributed by atoms with Crippen LogP contribution in [0.4, 0.5) is 51.2 Å². The molecule has 0 spiro atoms. The van der Waals surface area contributed by atoms with Crippen LogP contribution < -0.4 is 31.1 Å². The quantitative estimate of drug-likeness (QED) is 0.148. The van der Waals surface area contributed by atoms with Crippen molar-refractivity contribution in [3.05, 3.63) is 229 Å². The molecule has 0 atom stereocenters. The minimum Gasteiger partial charge on any atom is -0.311 e. The molecular formula is C63H54BN3. The van der Waals surface area contributed by atoms with E-state index in [4.69, 9.17) is 0 Å². The lowest BCUT2D eigenvalue weighted by atomic mass is 9.31. The van der Waals surface area contributed by atoms with Crippen molar-refractivity contribution in [2.75, 3.05) is 14.7 Å². The minimum atomic E-state index is 0.0287. The SMILES string of the molecule is CC(C)(C)c1ccc(N2c3cccc4c3B(c3ccc(N(c5ccc(-c6ccccc6)cc5)c5ccc(-c6ccccc6)cc5)cc3N4c3ccccc3)c3c2cc2c(C(C)(C)C)c3C2)cc1. The second-order valence-electron chi connectivity index (χ2n) is 20.6. The van der Waals surface area contributed by atoms with Crippen LogP contribution in [0.2, 0.25) is 0 Å². The van der Waals surface area contributed by atoms with Gasteiger partial charge in [-0.2, -0.15) is 0 Å². The maximum Gasteiger partial charge on any atom is 0.252 e. The van der Waals surface area contributed by atoms with Crippen LogP contribution in [0.1, 0.15) is 63.8 Å². The largest absolute Gasteiger partial charge is 0.311 e. The van der Waals surface area contributed by atoms with Crippen molar-refractivity contribution >= 4 is 74.3 Å². The lowest BCUT2D eigenvalue weighted by molar-refractivity contribution is 0.564. The van der Waals surface area contributed by atoms with E-state index < -0.39 is 0 Å². The predicted octanol–water partition coefficient (Wildman–Crippen LogP) is 15.1. The van der Waals surface area contributed by atoms with Crippen LogP contribution in [0, 0.1) is 0 Å². The number of hydrogen-bond acceptors (Lipinski definition) is 3. The first-order valence-electron chi connectivity index (χ1n) is 23.8. The normalized spacial score (nSPS) is 13.4. The van der Waals surface area contributed by atoms with Crippen LogP contribution in [-0.2, 0) is 17.3 Å². The van der Waals surface area contributed by atoms with Crippen molar-refractivity contribution in [1.82, 2.24) is 0 Å². The van der Waals surface area contributed by atoms with E-state index in [2.05, 4.69) is 262 Å². The van der Waals surface area contributed by atoms with Gasteiger partial charge in [0.2, 0.25) is 0 Å². The summed E-state index contributed by atoms with van der Waals surface area (Å²) in [5.74, 6) is 0. The van der Waals surface area contributed by atoms with Gasteiger partial charge in [0, 0.05) is 51.2 Å². The first-order valence-corrected chi connectivity index (χ1v) is 23.8. The summed E-state index contributed by atoms with van der Waals surface area (Å²) in [6.07, 6.45) is 1.01. The fraction of sp³-hybridized carbons (Fsp3) is 0.143. The Morgan fingerprint density at radius 2 is 0.896 bits per heavy atom. The molecule has 4 heteroatoms. The number of hydrogen-bond donors (Lipinski definition) is 0. The van der Waals surface area contributed by atoms with Crippen LogP contribution >= 0.6 is 0 Å². The zero-order valence-electron chi connectivity index (χ0n) is 39.3. The van der Waals surface area contributed by atoms with Crippen molar-refractivity contribution in [2.45, 2.75) is 58.8 Å². The summed E-state index contributed by atoms with van der Waals surface area (Å²) >= 11 is 0. The lowest BCUT2D eigenvalue weighted by Gasteiger charge is -2.48. The fourth-order valence-corrected chi connectivity index (χ4v) is 11.3. The number of anilines is 9. The Morgan fingerprint density at radius 3 is 1.43 bits per heavy atom. The molecule has 2 aliphatic heterocycles. The van der Waals surface area contributed by atoms with Crippen molar-refractivity contribution in [1.29, 1.82) is 0 Å². The van der Waals surface area contributed by atoms with Gasteiger partial charge in [-0.15, -0.1) is 0 Å². The molecule has 2 bridgehead atoms. The Labute approximate surface area is 396 Å². The van der Waals surface area contributed by atoms with Crippen molar-refractivity contribution in [2.24, 2.45) is 0 Å². The van der Waals surface area contributed by atoms with E-state index in [1.54, 1.807) is 0 Å². The highest BCUT2D eigenvalue weighted by Gasteiger charge is 2.47. The summed E-state index contributed by atoms with van der Waals surface area (Å²) in [7, 11) is 0. The topological polar surface area (TPSA) is 9.72 Å². The molecule has 9 aromatic rings. The van der Waals surface area contributed by atoms with Gasteiger partial charge in [0.25, 0.3) is 6.71 Å². The maximum atomic E-state index is 2.57. The highest BCUT2D eigenvalue weighted by atomic mass is 15.2. The third-order valence-corrected chi connectivity index (χ3v) is 14.3. The lowest BCUT2D eigenvalue weighted by Crippen LogP contribution is -2.63. The zero-order valence-corrected chi connectivity index (χ0v) is 39.3. The molecule has 0 unspecified atom stereocenters. The molecule has 13 rings (SSSR count). The number of fused-ring (bicyclic) bond motifs is 2. The smallest absolute Gasteiger partial charge is 0.252 e. The van der Waals surface area contributed by atoms with E-state index in [9.17, 15) is 0 Å². The first kappa shape index (κ1) is 40.9. The maximum absolute atomic E-state index is 2.57. The van der Waals surface area contributed by atoms with Gasteiger partial charge in [0.1, 0.15) is 0 Å². The standard InChI is InChI=1S/C63H54BN3/c1-62(2,3)47-29-35-51(36-30-47)67-56-24-16-23-55-61(56)64(60-53-39-46(40-58(60)67)59(53)63(4,5)6)54-38-37-52(41-57(54)66(55)48-21-14-9-15-22-48)65(49-31-25-44(26-32-49)42-17-10-7-11-18-42)50-33-27-45(28-34-50)43-19-12-8-13-20-43/h7-38,40-41H,39H2,1-6H3. The molecule has 2 heterocycles. The third-order valence-electron chi connectivity index (χ3n) is 14.3. The third kappa shape index (κ3) is 6.80. The minimum absolute atomic E-state index is 0.0287. The summed E-state index contributed by atoms with van der Waals surface area (Å²) in [6, 6.07) is 76.5. The molecule has 0 N–H and O–H groups in total. The van der Waals surface area contributed by atoms with Gasteiger partial charge in [0.05, 0.1) is 0 Å². The zero-order chi connectivity index (χ0) is 45.6. The second kappa shape index (κ2) is 15.5. The fourth-order valence-electron chi connectivity index (χ4n) is 11.3. The van der Waals surface area contributed by atoms with Gasteiger partial charge in [-0.25, -0.2) is 0 Å². The van der Waals surface area contributed by atoms with Crippen LogP contribution in [-0.4, -0.2) is 6.71 Å². The average molecular weight is 864 g/mol. The molecule has 67 heavy (non-hydrogen) atoms. The van der Waals surface area contributed by atoms with Crippen LogP contribution in [0.15, 0.2) is 206 Å². The van der Waals surface area contributed by atoms with Gasteiger partial charge in [-0.05, 0) is 157 Å². The molecule has 0 aromatic heterocycles. The molecule has 0 fully saturated rings. The van der Waals surface area contributed by atoms with Gasteiger partial charge in [0.15, 0.2) is 0 Å². The van der Waals surface area contributed by atoms with Gasteiger partial charge in [-0.1, -0.05) is 169 Å². The summed E-state index contributed by atoms with van der Waals surface area (Å²) in [5.41, 5.74) is 25.5. The molecule has 4 aliphatic rings. The molecular weight excluding hydrogens is 810 g/mol. The molecule has 324 valence electrons. The van der Waals surface area contributed by atoms with Gasteiger partial charge in [-0.3, -0.25) is 0 Å². The van der Waals surface area contributed by atoms with E-state index in [1.165, 1.54) is 89.3 Å². The molecule has 3 nitrogen and oxygen atoms in total. The number of benzene rings is 9. The molecule has 2 aliphatic carbocycles.